The van der Waals surface area contributed by atoms with Crippen LogP contribution >= 0.6 is 0 Å². The molecule has 3 aromatic rings. The van der Waals surface area contributed by atoms with Crippen LogP contribution in [0.3, 0.4) is 0 Å². The topological polar surface area (TPSA) is 80.0 Å². The van der Waals surface area contributed by atoms with E-state index in [9.17, 15) is 18.0 Å². The second kappa shape index (κ2) is 7.64. The summed E-state index contributed by atoms with van der Waals surface area (Å²) >= 11 is 0. The number of hydrogen-bond acceptors (Lipinski definition) is 6. The Labute approximate surface area is 176 Å². The molecule has 4 rings (SSSR count). The van der Waals surface area contributed by atoms with Crippen LogP contribution in [-0.4, -0.2) is 56.2 Å². The molecule has 0 saturated carbocycles. The molecule has 0 bridgehead atoms. The van der Waals surface area contributed by atoms with Crippen LogP contribution in [0.25, 0.3) is 0 Å². The first kappa shape index (κ1) is 20.8. The number of anilines is 1. The van der Waals surface area contributed by atoms with Gasteiger partial charge in [-0.1, -0.05) is 30.3 Å². The van der Waals surface area contributed by atoms with Gasteiger partial charge in [0.05, 0.1) is 0 Å². The number of aryl methyl sites for hydroxylation is 1. The van der Waals surface area contributed by atoms with Crippen LogP contribution < -0.4 is 4.90 Å². The molecule has 8 nitrogen and oxygen atoms in total. The SMILES string of the molecule is Cc1cc(C(=O)N2CCn3c(nnc3C(F)(F)F)C2c2ccccc2)nc(N(C)C)n1. The van der Waals surface area contributed by atoms with Crippen molar-refractivity contribution in [3.63, 3.8) is 0 Å². The van der Waals surface area contributed by atoms with Crippen LogP contribution in [0.1, 0.15) is 39.4 Å². The van der Waals surface area contributed by atoms with Crippen LogP contribution in [0.4, 0.5) is 19.1 Å². The highest BCUT2D eigenvalue weighted by atomic mass is 19.4. The molecule has 11 heteroatoms. The third-order valence-corrected chi connectivity index (χ3v) is 4.99. The van der Waals surface area contributed by atoms with Gasteiger partial charge in [-0.3, -0.25) is 4.79 Å². The molecule has 0 spiro atoms. The van der Waals surface area contributed by atoms with Crippen LogP contribution in [0, 0.1) is 6.92 Å². The van der Waals surface area contributed by atoms with Crippen molar-refractivity contribution in [2.45, 2.75) is 25.7 Å². The second-order valence-electron chi connectivity index (χ2n) is 7.43. The number of amides is 1. The van der Waals surface area contributed by atoms with Gasteiger partial charge < -0.3 is 14.4 Å². The lowest BCUT2D eigenvalue weighted by Gasteiger charge is -2.36. The van der Waals surface area contributed by atoms with Crippen molar-refractivity contribution in [3.05, 3.63) is 65.0 Å². The van der Waals surface area contributed by atoms with Gasteiger partial charge in [-0.15, -0.1) is 10.2 Å². The summed E-state index contributed by atoms with van der Waals surface area (Å²) in [5.41, 5.74) is 1.41. The van der Waals surface area contributed by atoms with Crippen LogP contribution in [0.15, 0.2) is 36.4 Å². The number of aromatic nitrogens is 5. The maximum atomic E-state index is 13.5. The Balaban J connectivity index is 1.81. The number of alkyl halides is 3. The van der Waals surface area contributed by atoms with Gasteiger partial charge in [-0.2, -0.15) is 13.2 Å². The van der Waals surface area contributed by atoms with Crippen LogP contribution in [0.5, 0.6) is 0 Å². The molecule has 2 aromatic heterocycles. The van der Waals surface area contributed by atoms with E-state index in [4.69, 9.17) is 0 Å². The molecule has 1 amide bonds. The first-order valence-electron chi connectivity index (χ1n) is 9.56. The number of halogens is 3. The van der Waals surface area contributed by atoms with E-state index < -0.39 is 23.9 Å². The van der Waals surface area contributed by atoms with E-state index >= 15 is 0 Å². The number of rotatable bonds is 3. The van der Waals surface area contributed by atoms with Gasteiger partial charge in [0.1, 0.15) is 11.7 Å². The molecule has 162 valence electrons. The van der Waals surface area contributed by atoms with Crippen LogP contribution in [-0.2, 0) is 12.7 Å². The lowest BCUT2D eigenvalue weighted by atomic mass is 10.0. The first-order chi connectivity index (χ1) is 14.7. The molecule has 1 unspecified atom stereocenters. The standard InChI is InChI=1S/C20H20F3N7O/c1-12-11-14(25-19(24-12)28(2)3)17(31)29-9-10-30-16(26-27-18(30)20(21,22)23)15(29)13-7-5-4-6-8-13/h4-8,11,15H,9-10H2,1-3H3. The summed E-state index contributed by atoms with van der Waals surface area (Å²) in [5.74, 6) is -1.04. The maximum Gasteiger partial charge on any atom is 0.451 e. The number of carbonyl (C=O) groups excluding carboxylic acids is 1. The molecule has 1 aliphatic rings. The van der Waals surface area contributed by atoms with Crippen LogP contribution in [0.2, 0.25) is 0 Å². The number of fused-ring (bicyclic) bond motifs is 1. The number of hydrogen-bond donors (Lipinski definition) is 0. The van der Waals surface area contributed by atoms with Gasteiger partial charge in [0, 0.05) is 32.9 Å². The smallest absolute Gasteiger partial charge is 0.347 e. The average Bonchev–Trinajstić information content (AvgIpc) is 3.17. The zero-order valence-corrected chi connectivity index (χ0v) is 17.1. The lowest BCUT2D eigenvalue weighted by molar-refractivity contribution is -0.148. The summed E-state index contributed by atoms with van der Waals surface area (Å²) in [4.78, 5) is 25.3. The minimum atomic E-state index is -4.64. The van der Waals surface area contributed by atoms with Gasteiger partial charge in [0.25, 0.3) is 5.91 Å². The monoisotopic (exact) mass is 431 g/mol. The second-order valence-corrected chi connectivity index (χ2v) is 7.43. The van der Waals surface area contributed by atoms with E-state index in [0.29, 0.717) is 17.2 Å². The fourth-order valence-corrected chi connectivity index (χ4v) is 3.62. The summed E-state index contributed by atoms with van der Waals surface area (Å²) < 4.78 is 41.2. The molecular weight excluding hydrogens is 411 g/mol. The van der Waals surface area contributed by atoms with Crippen molar-refractivity contribution in [2.75, 3.05) is 25.5 Å². The fraction of sp³-hybridized carbons (Fsp3) is 0.350. The molecule has 1 aromatic carbocycles. The molecule has 3 heterocycles. The lowest BCUT2D eigenvalue weighted by Crippen LogP contribution is -2.44. The highest BCUT2D eigenvalue weighted by molar-refractivity contribution is 5.93. The molecule has 0 N–H and O–H groups in total. The molecule has 0 saturated heterocycles. The Morgan fingerprint density at radius 3 is 2.45 bits per heavy atom. The quantitative estimate of drug-likeness (QED) is 0.635. The van der Waals surface area contributed by atoms with E-state index in [1.165, 1.54) is 4.90 Å². The predicted molar refractivity (Wildman–Crippen MR) is 105 cm³/mol. The summed E-state index contributed by atoms with van der Waals surface area (Å²) in [6.45, 7) is 1.73. The molecule has 31 heavy (non-hydrogen) atoms. The summed E-state index contributed by atoms with van der Waals surface area (Å²) in [6.07, 6.45) is -4.64. The van der Waals surface area contributed by atoms with Gasteiger partial charge in [0.2, 0.25) is 11.8 Å². The Morgan fingerprint density at radius 1 is 1.10 bits per heavy atom. The Bertz CT molecular complexity index is 1110. The molecular formula is C20H20F3N7O. The van der Waals surface area contributed by atoms with Crippen molar-refractivity contribution < 1.29 is 18.0 Å². The first-order valence-corrected chi connectivity index (χ1v) is 9.56. The molecule has 1 atom stereocenters. The highest BCUT2D eigenvalue weighted by Gasteiger charge is 2.43. The van der Waals surface area contributed by atoms with E-state index in [1.807, 2.05) is 0 Å². The fourth-order valence-electron chi connectivity index (χ4n) is 3.62. The predicted octanol–water partition coefficient (Wildman–Crippen LogP) is 2.71. The number of nitrogens with zero attached hydrogens (tertiary/aromatic N) is 7. The highest BCUT2D eigenvalue weighted by Crippen LogP contribution is 2.36. The largest absolute Gasteiger partial charge is 0.451 e. The van der Waals surface area contributed by atoms with Crippen molar-refractivity contribution in [3.8, 4) is 0 Å². The van der Waals surface area contributed by atoms with Crippen molar-refractivity contribution >= 4 is 11.9 Å². The Kier molecular flexibility index (Phi) is 5.11. The minimum absolute atomic E-state index is 0.0485. The van der Waals surface area contributed by atoms with Gasteiger partial charge in [-0.05, 0) is 18.6 Å². The van der Waals surface area contributed by atoms with Crippen molar-refractivity contribution in [1.82, 2.24) is 29.6 Å². The summed E-state index contributed by atoms with van der Waals surface area (Å²) in [5, 5.41) is 7.21. The molecule has 1 aliphatic heterocycles. The summed E-state index contributed by atoms with van der Waals surface area (Å²) in [7, 11) is 3.52. The van der Waals surface area contributed by atoms with E-state index in [-0.39, 0.29) is 24.6 Å². The average molecular weight is 431 g/mol. The normalized spacial score (nSPS) is 16.2. The maximum absolute atomic E-state index is 13.5. The zero-order chi connectivity index (χ0) is 22.3. The minimum Gasteiger partial charge on any atom is -0.347 e. The molecule has 0 aliphatic carbocycles. The Morgan fingerprint density at radius 2 is 1.81 bits per heavy atom. The molecule has 0 fully saturated rings. The van der Waals surface area contributed by atoms with E-state index in [1.54, 1.807) is 62.3 Å². The summed E-state index contributed by atoms with van der Waals surface area (Å²) in [6, 6.07) is 9.55. The zero-order valence-electron chi connectivity index (χ0n) is 17.1. The van der Waals surface area contributed by atoms with Crippen molar-refractivity contribution in [1.29, 1.82) is 0 Å². The third-order valence-electron chi connectivity index (χ3n) is 4.99. The van der Waals surface area contributed by atoms with Crippen molar-refractivity contribution in [2.24, 2.45) is 0 Å². The van der Waals surface area contributed by atoms with Gasteiger partial charge >= 0.3 is 6.18 Å². The molecule has 0 radical (unpaired) electrons. The third kappa shape index (κ3) is 3.82. The van der Waals surface area contributed by atoms with E-state index in [0.717, 1.165) is 4.57 Å². The van der Waals surface area contributed by atoms with E-state index in [2.05, 4.69) is 20.2 Å². The number of benzene rings is 1. The van der Waals surface area contributed by atoms with Gasteiger partial charge in [0.15, 0.2) is 5.82 Å². The Hall–Kier alpha value is -3.50. The number of carbonyl (C=O) groups is 1. The van der Waals surface area contributed by atoms with Gasteiger partial charge in [-0.25, -0.2) is 9.97 Å².